The highest BCUT2D eigenvalue weighted by Crippen LogP contribution is 2.45. The molecule has 2 aliphatic heterocycles. The van der Waals surface area contributed by atoms with Crippen molar-refractivity contribution in [1.29, 1.82) is 5.26 Å². The summed E-state index contributed by atoms with van der Waals surface area (Å²) in [4.78, 5) is 28.6. The number of likely N-dealkylation sites (tertiary alicyclic amines) is 1. The summed E-state index contributed by atoms with van der Waals surface area (Å²) >= 11 is 0. The highest BCUT2D eigenvalue weighted by molar-refractivity contribution is 5.89. The van der Waals surface area contributed by atoms with Crippen LogP contribution in [0.5, 0.6) is 0 Å². The zero-order chi connectivity index (χ0) is 23.0. The quantitative estimate of drug-likeness (QED) is 0.790. The van der Waals surface area contributed by atoms with E-state index in [4.69, 9.17) is 5.26 Å². The number of nitrogens with one attached hydrogen (secondary N) is 1. The van der Waals surface area contributed by atoms with Crippen LogP contribution in [-0.2, 0) is 15.8 Å². The fourth-order valence-electron chi connectivity index (χ4n) is 4.68. The van der Waals surface area contributed by atoms with E-state index in [1.54, 1.807) is 37.9 Å². The van der Waals surface area contributed by atoms with Gasteiger partial charge in [0.05, 0.1) is 17.2 Å². The normalized spacial score (nSPS) is 20.8. The maximum Gasteiger partial charge on any atom is 0.417 e. The van der Waals surface area contributed by atoms with E-state index in [1.165, 1.54) is 6.07 Å². The van der Waals surface area contributed by atoms with E-state index in [0.29, 0.717) is 44.6 Å². The fourth-order valence-corrected chi connectivity index (χ4v) is 4.68. The number of carbonyl (C=O) groups is 2. The Morgan fingerprint density at radius 1 is 1.26 bits per heavy atom. The van der Waals surface area contributed by atoms with E-state index in [2.05, 4.69) is 5.32 Å². The van der Waals surface area contributed by atoms with Crippen LogP contribution in [0.3, 0.4) is 0 Å². The van der Waals surface area contributed by atoms with Crippen molar-refractivity contribution in [3.63, 3.8) is 0 Å². The molecule has 31 heavy (non-hydrogen) atoms. The molecule has 2 amide bonds. The Balaban J connectivity index is 1.78. The first-order valence-electron chi connectivity index (χ1n) is 10.4. The Labute approximate surface area is 180 Å². The topological polar surface area (TPSA) is 76.4 Å². The third-order valence-electron chi connectivity index (χ3n) is 6.45. The fraction of sp³-hybridized carbons (Fsp3) is 0.591. The van der Waals surface area contributed by atoms with Crippen molar-refractivity contribution in [1.82, 2.24) is 10.2 Å². The molecule has 0 bridgehead atoms. The maximum atomic E-state index is 13.3. The monoisotopic (exact) mass is 436 g/mol. The number of likely N-dealkylation sites (N-methyl/N-ethyl adjacent to an activating group) is 1. The molecule has 2 heterocycles. The van der Waals surface area contributed by atoms with Crippen molar-refractivity contribution in [3.8, 4) is 6.07 Å². The molecule has 1 atom stereocenters. The Morgan fingerprint density at radius 2 is 1.90 bits per heavy atom. The minimum atomic E-state index is -4.60. The summed E-state index contributed by atoms with van der Waals surface area (Å²) in [5.41, 5.74) is -1.12. The minimum Gasteiger partial charge on any atom is -0.371 e. The van der Waals surface area contributed by atoms with E-state index < -0.39 is 23.3 Å². The molecule has 0 radical (unpaired) electrons. The molecule has 3 rings (SSSR count). The van der Waals surface area contributed by atoms with Gasteiger partial charge in [-0.3, -0.25) is 9.59 Å². The number of carbonyl (C=O) groups excluding carboxylic acids is 2. The Kier molecular flexibility index (Phi) is 6.21. The number of benzene rings is 1. The van der Waals surface area contributed by atoms with Crippen LogP contribution >= 0.6 is 0 Å². The largest absolute Gasteiger partial charge is 0.417 e. The van der Waals surface area contributed by atoms with Gasteiger partial charge in [0.1, 0.15) is 6.04 Å². The van der Waals surface area contributed by atoms with Crippen LogP contribution in [0.2, 0.25) is 0 Å². The van der Waals surface area contributed by atoms with Gasteiger partial charge in [0.2, 0.25) is 11.8 Å². The van der Waals surface area contributed by atoms with Crippen LogP contribution in [0, 0.1) is 22.7 Å². The number of alkyl halides is 3. The van der Waals surface area contributed by atoms with Gasteiger partial charge < -0.3 is 15.1 Å². The van der Waals surface area contributed by atoms with Gasteiger partial charge in [-0.15, -0.1) is 0 Å². The first-order chi connectivity index (χ1) is 14.5. The van der Waals surface area contributed by atoms with Gasteiger partial charge in [0.25, 0.3) is 0 Å². The standard InChI is InChI=1S/C22H27F3N4O2/c1-14(2)20(31)29-13-21(11-18(29)19(30)27-3)6-8-28(9-7-21)16-5-4-15(12-26)17(10-16)22(23,24)25/h4-5,10,14,18H,6-9,11,13H2,1-3H3,(H,27,30). The van der Waals surface area contributed by atoms with Gasteiger partial charge >= 0.3 is 6.18 Å². The molecule has 9 heteroatoms. The first-order valence-corrected chi connectivity index (χ1v) is 10.4. The zero-order valence-corrected chi connectivity index (χ0v) is 17.9. The van der Waals surface area contributed by atoms with Crippen molar-refractivity contribution in [2.75, 3.05) is 31.6 Å². The van der Waals surface area contributed by atoms with E-state index in [0.717, 1.165) is 6.07 Å². The van der Waals surface area contributed by atoms with Crippen LogP contribution in [0.4, 0.5) is 18.9 Å². The Morgan fingerprint density at radius 3 is 2.42 bits per heavy atom. The first kappa shape index (κ1) is 22.9. The van der Waals surface area contributed by atoms with Crippen LogP contribution in [-0.4, -0.2) is 49.4 Å². The van der Waals surface area contributed by atoms with Gasteiger partial charge in [-0.25, -0.2) is 0 Å². The van der Waals surface area contributed by atoms with Crippen LogP contribution in [0.15, 0.2) is 18.2 Å². The number of nitriles is 1. The molecule has 6 nitrogen and oxygen atoms in total. The molecule has 1 N–H and O–H groups in total. The van der Waals surface area contributed by atoms with Crippen molar-refractivity contribution >= 4 is 17.5 Å². The molecule has 2 saturated heterocycles. The summed E-state index contributed by atoms with van der Waals surface area (Å²) in [7, 11) is 1.55. The number of anilines is 1. The lowest BCUT2D eigenvalue weighted by atomic mass is 9.76. The third kappa shape index (κ3) is 4.48. The SMILES string of the molecule is CNC(=O)C1CC2(CCN(c3ccc(C#N)c(C(F)(F)F)c3)CC2)CN1C(=O)C(C)C. The molecule has 1 aromatic carbocycles. The third-order valence-corrected chi connectivity index (χ3v) is 6.45. The van der Waals surface area contributed by atoms with Crippen molar-refractivity contribution in [2.45, 2.75) is 45.3 Å². The molecule has 168 valence electrons. The summed E-state index contributed by atoms with van der Waals surface area (Å²) < 4.78 is 39.9. The molecular weight excluding hydrogens is 409 g/mol. The van der Waals surface area contributed by atoms with Crippen LogP contribution < -0.4 is 10.2 Å². The molecule has 2 aliphatic rings. The van der Waals surface area contributed by atoms with E-state index in [9.17, 15) is 22.8 Å². The second kappa shape index (κ2) is 8.40. The van der Waals surface area contributed by atoms with Gasteiger partial charge in [-0.2, -0.15) is 18.4 Å². The van der Waals surface area contributed by atoms with Crippen LogP contribution in [0.25, 0.3) is 0 Å². The number of amides is 2. The molecule has 0 saturated carbocycles. The Hall–Kier alpha value is -2.76. The van der Waals surface area contributed by atoms with Crippen molar-refractivity contribution < 1.29 is 22.8 Å². The lowest BCUT2D eigenvalue weighted by molar-refractivity contribution is -0.140. The zero-order valence-electron chi connectivity index (χ0n) is 17.9. The summed E-state index contributed by atoms with van der Waals surface area (Å²) in [5.74, 6) is -0.466. The number of hydrogen-bond donors (Lipinski definition) is 1. The average molecular weight is 436 g/mol. The minimum absolute atomic E-state index is 0.0604. The molecule has 1 aromatic rings. The maximum absolute atomic E-state index is 13.3. The van der Waals surface area contributed by atoms with E-state index >= 15 is 0 Å². The van der Waals surface area contributed by atoms with Crippen molar-refractivity contribution in [2.24, 2.45) is 11.3 Å². The Bertz CT molecular complexity index is 899. The molecular formula is C22H27F3N4O2. The predicted octanol–water partition coefficient (Wildman–Crippen LogP) is 3.17. The highest BCUT2D eigenvalue weighted by Gasteiger charge is 2.49. The number of halogens is 3. The van der Waals surface area contributed by atoms with Crippen molar-refractivity contribution in [3.05, 3.63) is 29.3 Å². The van der Waals surface area contributed by atoms with E-state index in [1.807, 2.05) is 4.90 Å². The predicted molar refractivity (Wildman–Crippen MR) is 109 cm³/mol. The smallest absolute Gasteiger partial charge is 0.371 e. The number of piperidine rings is 1. The summed E-state index contributed by atoms with van der Waals surface area (Å²) in [6.45, 7) is 5.14. The molecule has 0 aromatic heterocycles. The number of rotatable bonds is 3. The highest BCUT2D eigenvalue weighted by atomic mass is 19.4. The summed E-state index contributed by atoms with van der Waals surface area (Å²) in [6, 6.07) is 4.88. The average Bonchev–Trinajstić information content (AvgIpc) is 3.11. The summed E-state index contributed by atoms with van der Waals surface area (Å²) in [5, 5.41) is 11.6. The van der Waals surface area contributed by atoms with Gasteiger partial charge in [-0.05, 0) is 42.9 Å². The summed E-state index contributed by atoms with van der Waals surface area (Å²) in [6.07, 6.45) is -2.70. The van der Waals surface area contributed by atoms with Crippen LogP contribution in [0.1, 0.15) is 44.2 Å². The molecule has 0 aliphatic carbocycles. The lowest BCUT2D eigenvalue weighted by Gasteiger charge is -2.40. The van der Waals surface area contributed by atoms with Gasteiger partial charge in [0.15, 0.2) is 0 Å². The lowest BCUT2D eigenvalue weighted by Crippen LogP contribution is -2.46. The number of hydrogen-bond acceptors (Lipinski definition) is 4. The molecule has 1 unspecified atom stereocenters. The van der Waals surface area contributed by atoms with Gasteiger partial charge in [-0.1, -0.05) is 13.8 Å². The molecule has 1 spiro atoms. The van der Waals surface area contributed by atoms with Gasteiger partial charge in [0, 0.05) is 38.3 Å². The van der Waals surface area contributed by atoms with E-state index in [-0.39, 0.29) is 23.1 Å². The second-order valence-corrected chi connectivity index (χ2v) is 8.78. The number of nitrogens with zero attached hydrogens (tertiary/aromatic N) is 3. The molecule has 2 fully saturated rings. The second-order valence-electron chi connectivity index (χ2n) is 8.78.